The highest BCUT2D eigenvalue weighted by molar-refractivity contribution is 5.28. The van der Waals surface area contributed by atoms with E-state index in [9.17, 15) is 0 Å². The molecule has 2 heteroatoms. The Kier molecular flexibility index (Phi) is 4.35. The molecule has 0 bridgehead atoms. The lowest BCUT2D eigenvalue weighted by atomic mass is 9.75. The summed E-state index contributed by atoms with van der Waals surface area (Å²) >= 11 is 0. The predicted octanol–water partition coefficient (Wildman–Crippen LogP) is 3.99. The fourth-order valence-electron chi connectivity index (χ4n) is 3.17. The molecule has 0 spiro atoms. The summed E-state index contributed by atoms with van der Waals surface area (Å²) in [6.45, 7) is 5.26. The second kappa shape index (κ2) is 6.40. The Morgan fingerprint density at radius 1 is 1.19 bits per heavy atom. The van der Waals surface area contributed by atoms with Gasteiger partial charge in [0.2, 0.25) is 0 Å². The largest absolute Gasteiger partial charge is 0.308 e. The van der Waals surface area contributed by atoms with Crippen molar-refractivity contribution in [2.45, 2.75) is 51.6 Å². The van der Waals surface area contributed by atoms with Crippen LogP contribution >= 0.6 is 0 Å². The molecule has 3 rings (SSSR count). The van der Waals surface area contributed by atoms with Gasteiger partial charge in [0.05, 0.1) is 5.69 Å². The third-order valence-electron chi connectivity index (χ3n) is 4.58. The fourth-order valence-corrected chi connectivity index (χ4v) is 3.17. The number of nitrogens with zero attached hydrogens (tertiary/aromatic N) is 1. The molecule has 2 aromatic rings. The Bertz CT molecular complexity index is 600. The topological polar surface area (TPSA) is 24.9 Å². The summed E-state index contributed by atoms with van der Waals surface area (Å²) in [5, 5.41) is 3.66. The Balaban J connectivity index is 1.51. The van der Waals surface area contributed by atoms with Gasteiger partial charge in [-0.15, -0.1) is 0 Å². The molecule has 1 heterocycles. The van der Waals surface area contributed by atoms with E-state index in [0.29, 0.717) is 6.04 Å². The van der Waals surface area contributed by atoms with E-state index in [4.69, 9.17) is 0 Å². The maximum atomic E-state index is 4.51. The lowest BCUT2D eigenvalue weighted by Crippen LogP contribution is -2.39. The van der Waals surface area contributed by atoms with Crippen molar-refractivity contribution in [2.24, 2.45) is 0 Å². The first kappa shape index (κ1) is 14.3. The first-order valence-electron chi connectivity index (χ1n) is 7.99. The maximum absolute atomic E-state index is 4.51. The first-order valence-corrected chi connectivity index (χ1v) is 7.99. The number of aryl methyl sites for hydroxylation is 2. The van der Waals surface area contributed by atoms with Crippen LogP contribution in [0.2, 0.25) is 0 Å². The minimum atomic E-state index is 0.641. The van der Waals surface area contributed by atoms with Crippen LogP contribution in [0, 0.1) is 6.92 Å². The maximum Gasteiger partial charge on any atom is 0.0573 e. The van der Waals surface area contributed by atoms with Gasteiger partial charge in [-0.05, 0) is 49.3 Å². The standard InChI is InChI=1S/C19H24N2/c1-3-15-8-5-9-20-19(15)13-21-18-11-17(12-18)16-7-4-6-14(2)10-16/h4-10,17-18,21H,3,11-13H2,1-2H3. The van der Waals surface area contributed by atoms with Crippen LogP contribution in [0.5, 0.6) is 0 Å². The Morgan fingerprint density at radius 2 is 2.05 bits per heavy atom. The van der Waals surface area contributed by atoms with Crippen LogP contribution in [-0.4, -0.2) is 11.0 Å². The van der Waals surface area contributed by atoms with Gasteiger partial charge >= 0.3 is 0 Å². The van der Waals surface area contributed by atoms with Crippen molar-refractivity contribution in [3.8, 4) is 0 Å². The zero-order chi connectivity index (χ0) is 14.7. The van der Waals surface area contributed by atoms with Crippen LogP contribution in [0.3, 0.4) is 0 Å². The van der Waals surface area contributed by atoms with E-state index in [1.807, 2.05) is 12.3 Å². The van der Waals surface area contributed by atoms with Gasteiger partial charge in [0, 0.05) is 18.8 Å². The number of hydrogen-bond acceptors (Lipinski definition) is 2. The second-order valence-corrected chi connectivity index (χ2v) is 6.12. The molecule has 2 nitrogen and oxygen atoms in total. The Hall–Kier alpha value is -1.67. The minimum Gasteiger partial charge on any atom is -0.308 e. The number of benzene rings is 1. The van der Waals surface area contributed by atoms with Crippen molar-refractivity contribution >= 4 is 0 Å². The second-order valence-electron chi connectivity index (χ2n) is 6.12. The number of hydrogen-bond donors (Lipinski definition) is 1. The molecule has 0 saturated heterocycles. The van der Waals surface area contributed by atoms with Gasteiger partial charge < -0.3 is 5.32 Å². The molecule has 1 N–H and O–H groups in total. The highest BCUT2D eigenvalue weighted by Crippen LogP contribution is 2.37. The lowest BCUT2D eigenvalue weighted by molar-refractivity contribution is 0.288. The number of nitrogens with one attached hydrogen (secondary N) is 1. The summed E-state index contributed by atoms with van der Waals surface area (Å²) in [5.41, 5.74) is 5.43. The molecule has 0 aliphatic heterocycles. The fraction of sp³-hybridized carbons (Fsp3) is 0.421. The molecule has 1 fully saturated rings. The van der Waals surface area contributed by atoms with E-state index in [0.717, 1.165) is 18.9 Å². The molecule has 1 aromatic heterocycles. The minimum absolute atomic E-state index is 0.641. The van der Waals surface area contributed by atoms with Crippen LogP contribution < -0.4 is 5.32 Å². The summed E-state index contributed by atoms with van der Waals surface area (Å²) in [7, 11) is 0. The zero-order valence-electron chi connectivity index (χ0n) is 13.0. The average Bonchev–Trinajstić information content (AvgIpc) is 2.46. The van der Waals surface area contributed by atoms with Crippen LogP contribution in [0.25, 0.3) is 0 Å². The smallest absolute Gasteiger partial charge is 0.0573 e. The molecule has 21 heavy (non-hydrogen) atoms. The van der Waals surface area contributed by atoms with E-state index < -0.39 is 0 Å². The van der Waals surface area contributed by atoms with Gasteiger partial charge in [0.1, 0.15) is 0 Å². The van der Waals surface area contributed by atoms with Gasteiger partial charge in [-0.1, -0.05) is 42.8 Å². The van der Waals surface area contributed by atoms with E-state index in [1.165, 1.54) is 35.2 Å². The number of aromatic nitrogens is 1. The van der Waals surface area contributed by atoms with E-state index in [1.54, 1.807) is 0 Å². The Labute approximate surface area is 127 Å². The van der Waals surface area contributed by atoms with Crippen LogP contribution in [0.4, 0.5) is 0 Å². The molecule has 1 aliphatic rings. The highest BCUT2D eigenvalue weighted by atomic mass is 14.9. The van der Waals surface area contributed by atoms with Crippen molar-refractivity contribution in [1.82, 2.24) is 10.3 Å². The Morgan fingerprint density at radius 3 is 2.81 bits per heavy atom. The van der Waals surface area contributed by atoms with Gasteiger partial charge in [0.15, 0.2) is 0 Å². The monoisotopic (exact) mass is 280 g/mol. The normalized spacial score (nSPS) is 21.0. The third kappa shape index (κ3) is 3.33. The number of rotatable bonds is 5. The van der Waals surface area contributed by atoms with Crippen molar-refractivity contribution in [3.63, 3.8) is 0 Å². The van der Waals surface area contributed by atoms with Gasteiger partial charge in [-0.2, -0.15) is 0 Å². The lowest BCUT2D eigenvalue weighted by Gasteiger charge is -2.36. The quantitative estimate of drug-likeness (QED) is 0.896. The molecule has 1 aromatic carbocycles. The SMILES string of the molecule is CCc1cccnc1CNC1CC(c2cccc(C)c2)C1. The molecule has 1 saturated carbocycles. The molecule has 0 atom stereocenters. The number of pyridine rings is 1. The first-order chi connectivity index (χ1) is 10.3. The summed E-state index contributed by atoms with van der Waals surface area (Å²) in [4.78, 5) is 4.51. The summed E-state index contributed by atoms with van der Waals surface area (Å²) in [6.07, 6.45) is 5.45. The third-order valence-corrected chi connectivity index (χ3v) is 4.58. The van der Waals surface area contributed by atoms with E-state index in [2.05, 4.69) is 54.5 Å². The predicted molar refractivity (Wildman–Crippen MR) is 87.4 cm³/mol. The van der Waals surface area contributed by atoms with E-state index in [-0.39, 0.29) is 0 Å². The van der Waals surface area contributed by atoms with Crippen LogP contribution in [-0.2, 0) is 13.0 Å². The molecule has 0 unspecified atom stereocenters. The zero-order valence-corrected chi connectivity index (χ0v) is 13.0. The van der Waals surface area contributed by atoms with E-state index >= 15 is 0 Å². The van der Waals surface area contributed by atoms with Crippen molar-refractivity contribution in [3.05, 3.63) is 65.0 Å². The molecular formula is C19H24N2. The van der Waals surface area contributed by atoms with Gasteiger partial charge in [0.25, 0.3) is 0 Å². The van der Waals surface area contributed by atoms with Gasteiger partial charge in [-0.3, -0.25) is 4.98 Å². The molecule has 0 radical (unpaired) electrons. The van der Waals surface area contributed by atoms with Crippen LogP contribution in [0.1, 0.15) is 48.1 Å². The molecular weight excluding hydrogens is 256 g/mol. The van der Waals surface area contributed by atoms with Crippen LogP contribution in [0.15, 0.2) is 42.6 Å². The van der Waals surface area contributed by atoms with Gasteiger partial charge in [-0.25, -0.2) is 0 Å². The summed E-state index contributed by atoms with van der Waals surface area (Å²) < 4.78 is 0. The molecule has 0 amide bonds. The molecule has 110 valence electrons. The summed E-state index contributed by atoms with van der Waals surface area (Å²) in [5.74, 6) is 0.733. The van der Waals surface area contributed by atoms with Crippen molar-refractivity contribution in [1.29, 1.82) is 0 Å². The van der Waals surface area contributed by atoms with Crippen molar-refractivity contribution in [2.75, 3.05) is 0 Å². The van der Waals surface area contributed by atoms with Crippen molar-refractivity contribution < 1.29 is 0 Å². The highest BCUT2D eigenvalue weighted by Gasteiger charge is 2.29. The molecule has 1 aliphatic carbocycles. The average molecular weight is 280 g/mol. The summed E-state index contributed by atoms with van der Waals surface area (Å²) in [6, 6.07) is 13.8.